The van der Waals surface area contributed by atoms with Gasteiger partial charge in [0.15, 0.2) is 0 Å². The molecule has 1 aliphatic rings. The molecule has 1 saturated heterocycles. The van der Waals surface area contributed by atoms with Gasteiger partial charge in [0.05, 0.1) is 28.1 Å². The maximum atomic E-state index is 12.7. The Morgan fingerprint density at radius 2 is 1.80 bits per heavy atom. The molecule has 1 fully saturated rings. The van der Waals surface area contributed by atoms with E-state index in [0.29, 0.717) is 36.5 Å². The molecule has 0 unspecified atom stereocenters. The molecule has 25 heavy (non-hydrogen) atoms. The van der Waals surface area contributed by atoms with E-state index < -0.39 is 16.0 Å². The molecule has 2 aromatic carbocycles. The fourth-order valence-corrected chi connectivity index (χ4v) is 4.23. The molecule has 0 amide bonds. The van der Waals surface area contributed by atoms with Crippen LogP contribution in [0.25, 0.3) is 0 Å². The number of sulfonamides is 1. The molecule has 0 saturated carbocycles. The number of esters is 1. The van der Waals surface area contributed by atoms with Crippen molar-refractivity contribution in [2.24, 2.45) is 0 Å². The monoisotopic (exact) mass is 425 g/mol. The number of para-hydroxylation sites is 1. The second-order valence-corrected chi connectivity index (χ2v) is 8.16. The van der Waals surface area contributed by atoms with E-state index >= 15 is 0 Å². The Labute approximate surface area is 154 Å². The van der Waals surface area contributed by atoms with Gasteiger partial charge in [0.25, 0.3) is 0 Å². The van der Waals surface area contributed by atoms with Crippen LogP contribution in [0.5, 0.6) is 5.75 Å². The van der Waals surface area contributed by atoms with Crippen LogP contribution in [-0.4, -0.2) is 45.0 Å². The first kappa shape index (κ1) is 18.1. The zero-order valence-corrected chi connectivity index (χ0v) is 15.6. The topological polar surface area (TPSA) is 72.9 Å². The van der Waals surface area contributed by atoms with E-state index in [9.17, 15) is 13.2 Å². The van der Waals surface area contributed by atoms with Crippen molar-refractivity contribution >= 4 is 31.9 Å². The van der Waals surface area contributed by atoms with Gasteiger partial charge in [-0.15, -0.1) is 0 Å². The van der Waals surface area contributed by atoms with Crippen LogP contribution < -0.4 is 4.74 Å². The third kappa shape index (κ3) is 4.09. The van der Waals surface area contributed by atoms with Crippen LogP contribution in [0.4, 0.5) is 0 Å². The summed E-state index contributed by atoms with van der Waals surface area (Å²) >= 11 is 3.30. The maximum absolute atomic E-state index is 12.7. The molecule has 8 heteroatoms. The fraction of sp³-hybridized carbons (Fsp3) is 0.235. The lowest BCUT2D eigenvalue weighted by Gasteiger charge is -2.26. The summed E-state index contributed by atoms with van der Waals surface area (Å²) in [5.41, 5.74) is 0.171. The van der Waals surface area contributed by atoms with Crippen LogP contribution in [0.1, 0.15) is 10.4 Å². The predicted octanol–water partition coefficient (Wildman–Crippen LogP) is 2.69. The lowest BCUT2D eigenvalue weighted by Crippen LogP contribution is -2.40. The lowest BCUT2D eigenvalue weighted by molar-refractivity contribution is 0.0726. The van der Waals surface area contributed by atoms with Crippen LogP contribution >= 0.6 is 15.9 Å². The zero-order chi connectivity index (χ0) is 17.9. The number of morpholine rings is 1. The SMILES string of the molecule is O=C(Oc1ccccc1Br)c1cccc(S(=O)(=O)N2CCOCC2)c1. The van der Waals surface area contributed by atoms with Crippen LogP contribution in [-0.2, 0) is 14.8 Å². The highest BCUT2D eigenvalue weighted by atomic mass is 79.9. The summed E-state index contributed by atoms with van der Waals surface area (Å²) in [5, 5.41) is 0. The number of carbonyl (C=O) groups is 1. The minimum Gasteiger partial charge on any atom is -0.422 e. The summed E-state index contributed by atoms with van der Waals surface area (Å²) in [4.78, 5) is 12.4. The second kappa shape index (κ2) is 7.65. The van der Waals surface area contributed by atoms with Crippen molar-refractivity contribution in [1.82, 2.24) is 4.31 Å². The number of hydrogen-bond donors (Lipinski definition) is 0. The summed E-state index contributed by atoms with van der Waals surface area (Å²) in [7, 11) is -3.66. The Morgan fingerprint density at radius 1 is 1.08 bits per heavy atom. The Hall–Kier alpha value is -1.74. The highest BCUT2D eigenvalue weighted by Crippen LogP contribution is 2.25. The molecule has 0 spiro atoms. The average molecular weight is 426 g/mol. The van der Waals surface area contributed by atoms with Gasteiger partial charge in [-0.25, -0.2) is 13.2 Å². The molecule has 2 aromatic rings. The van der Waals surface area contributed by atoms with Crippen molar-refractivity contribution in [3.63, 3.8) is 0 Å². The van der Waals surface area contributed by atoms with E-state index in [0.717, 1.165) is 0 Å². The van der Waals surface area contributed by atoms with E-state index in [2.05, 4.69) is 15.9 Å². The first-order valence-corrected chi connectivity index (χ1v) is 9.86. The third-order valence-electron chi connectivity index (χ3n) is 3.72. The Balaban J connectivity index is 1.83. The predicted molar refractivity (Wildman–Crippen MR) is 95.1 cm³/mol. The number of carbonyl (C=O) groups excluding carboxylic acids is 1. The molecule has 0 bridgehead atoms. The summed E-state index contributed by atoms with van der Waals surface area (Å²) in [6.07, 6.45) is 0. The Kier molecular flexibility index (Phi) is 5.53. The van der Waals surface area contributed by atoms with Crippen LogP contribution in [0.15, 0.2) is 57.9 Å². The molecule has 1 heterocycles. The third-order valence-corrected chi connectivity index (χ3v) is 6.27. The number of ether oxygens (including phenoxy) is 2. The first-order valence-electron chi connectivity index (χ1n) is 7.63. The van der Waals surface area contributed by atoms with E-state index in [1.165, 1.54) is 28.6 Å². The van der Waals surface area contributed by atoms with Gasteiger partial charge >= 0.3 is 5.97 Å². The van der Waals surface area contributed by atoms with Crippen molar-refractivity contribution in [3.8, 4) is 5.75 Å². The van der Waals surface area contributed by atoms with Crippen molar-refractivity contribution in [2.75, 3.05) is 26.3 Å². The average Bonchev–Trinajstić information content (AvgIpc) is 2.64. The van der Waals surface area contributed by atoms with Crippen molar-refractivity contribution in [3.05, 3.63) is 58.6 Å². The van der Waals surface area contributed by atoms with Gasteiger partial charge < -0.3 is 9.47 Å². The molecule has 6 nitrogen and oxygen atoms in total. The van der Waals surface area contributed by atoms with Gasteiger partial charge in [0.2, 0.25) is 10.0 Å². The smallest absolute Gasteiger partial charge is 0.343 e. The zero-order valence-electron chi connectivity index (χ0n) is 13.2. The highest BCUT2D eigenvalue weighted by Gasteiger charge is 2.27. The number of hydrogen-bond acceptors (Lipinski definition) is 5. The first-order chi connectivity index (χ1) is 12.0. The summed E-state index contributed by atoms with van der Waals surface area (Å²) in [6, 6.07) is 12.8. The van der Waals surface area contributed by atoms with E-state index in [-0.39, 0.29) is 10.5 Å². The van der Waals surface area contributed by atoms with E-state index in [1.807, 2.05) is 0 Å². The molecule has 0 atom stereocenters. The number of nitrogens with zero attached hydrogens (tertiary/aromatic N) is 1. The van der Waals surface area contributed by atoms with Gasteiger partial charge in [-0.1, -0.05) is 18.2 Å². The fourth-order valence-electron chi connectivity index (χ4n) is 2.41. The molecule has 0 aromatic heterocycles. The Morgan fingerprint density at radius 3 is 2.52 bits per heavy atom. The molecule has 0 aliphatic carbocycles. The van der Waals surface area contributed by atoms with Crippen LogP contribution in [0, 0.1) is 0 Å². The van der Waals surface area contributed by atoms with Gasteiger partial charge in [-0.3, -0.25) is 0 Å². The summed E-state index contributed by atoms with van der Waals surface area (Å²) < 4.78 is 37.9. The van der Waals surface area contributed by atoms with Crippen molar-refractivity contribution in [2.45, 2.75) is 4.90 Å². The lowest BCUT2D eigenvalue weighted by atomic mass is 10.2. The highest BCUT2D eigenvalue weighted by molar-refractivity contribution is 9.10. The standard InChI is InChI=1S/C17H16BrNO5S/c18-15-6-1-2-7-16(15)24-17(20)13-4-3-5-14(12-13)25(21,22)19-8-10-23-11-9-19/h1-7,12H,8-11H2. The number of benzene rings is 2. The van der Waals surface area contributed by atoms with E-state index in [1.54, 1.807) is 24.3 Å². The normalized spacial score (nSPS) is 15.7. The minimum atomic E-state index is -3.66. The Bertz CT molecular complexity index is 878. The van der Waals surface area contributed by atoms with Crippen molar-refractivity contribution < 1.29 is 22.7 Å². The van der Waals surface area contributed by atoms with E-state index in [4.69, 9.17) is 9.47 Å². The molecule has 3 rings (SSSR count). The van der Waals surface area contributed by atoms with Crippen LogP contribution in [0.3, 0.4) is 0 Å². The van der Waals surface area contributed by atoms with Gasteiger partial charge in [-0.05, 0) is 46.3 Å². The number of rotatable bonds is 4. The molecule has 0 radical (unpaired) electrons. The van der Waals surface area contributed by atoms with Gasteiger partial charge in [0.1, 0.15) is 5.75 Å². The minimum absolute atomic E-state index is 0.0657. The van der Waals surface area contributed by atoms with Gasteiger partial charge in [0, 0.05) is 13.1 Å². The quantitative estimate of drug-likeness (QED) is 0.556. The number of halogens is 1. The molecular weight excluding hydrogens is 410 g/mol. The summed E-state index contributed by atoms with van der Waals surface area (Å²) in [6.45, 7) is 1.33. The molecule has 132 valence electrons. The second-order valence-electron chi connectivity index (χ2n) is 5.36. The summed E-state index contributed by atoms with van der Waals surface area (Å²) in [5.74, 6) is -0.250. The van der Waals surface area contributed by atoms with Crippen LogP contribution in [0.2, 0.25) is 0 Å². The largest absolute Gasteiger partial charge is 0.422 e. The molecule has 1 aliphatic heterocycles. The van der Waals surface area contributed by atoms with Crippen molar-refractivity contribution in [1.29, 1.82) is 0 Å². The van der Waals surface area contributed by atoms with Gasteiger partial charge in [-0.2, -0.15) is 4.31 Å². The maximum Gasteiger partial charge on any atom is 0.343 e. The molecular formula is C17H16BrNO5S. The molecule has 0 N–H and O–H groups in total.